The van der Waals surface area contributed by atoms with E-state index in [9.17, 15) is 19.8 Å². The predicted octanol–water partition coefficient (Wildman–Crippen LogP) is 3.19. The Balaban J connectivity index is 2.10. The number of carbonyl (C=O) groups excluding carboxylic acids is 2. The maximum Gasteiger partial charge on any atom is 0.306 e. The predicted molar refractivity (Wildman–Crippen MR) is 113 cm³/mol. The van der Waals surface area contributed by atoms with Crippen molar-refractivity contribution in [2.75, 3.05) is 0 Å². The summed E-state index contributed by atoms with van der Waals surface area (Å²) in [6.07, 6.45) is 0.757. The van der Waals surface area contributed by atoms with E-state index in [0.29, 0.717) is 37.7 Å². The number of carbonyl (C=O) groups is 2. The highest BCUT2D eigenvalue weighted by Crippen LogP contribution is 2.52. The Labute approximate surface area is 180 Å². The van der Waals surface area contributed by atoms with E-state index < -0.39 is 35.4 Å². The van der Waals surface area contributed by atoms with Crippen LogP contribution in [0.4, 0.5) is 0 Å². The zero-order valence-electron chi connectivity index (χ0n) is 19.0. The van der Waals surface area contributed by atoms with Crippen molar-refractivity contribution in [2.24, 2.45) is 23.7 Å². The van der Waals surface area contributed by atoms with Gasteiger partial charge in [-0.3, -0.25) is 9.59 Å². The lowest BCUT2D eigenvalue weighted by Crippen LogP contribution is -2.65. The van der Waals surface area contributed by atoms with E-state index in [0.717, 1.165) is 0 Å². The number of hydrogen-bond acceptors (Lipinski definition) is 6. The molecule has 0 amide bonds. The van der Waals surface area contributed by atoms with Crippen LogP contribution in [0.3, 0.4) is 0 Å². The number of aliphatic hydroxyl groups excluding tert-OH is 1. The fourth-order valence-electron chi connectivity index (χ4n) is 5.91. The SMILES string of the molecule is C=C1C(O)CC(C(C)C)C2C1C(=O)CC(C)(O)C1CCC(C)(OC(=O)CCC)C2O1. The molecule has 0 aromatic carbocycles. The largest absolute Gasteiger partial charge is 0.457 e. The Hall–Kier alpha value is -1.24. The quantitative estimate of drug-likeness (QED) is 0.534. The van der Waals surface area contributed by atoms with Crippen LogP contribution in [0.5, 0.6) is 0 Å². The van der Waals surface area contributed by atoms with Crippen LogP contribution in [-0.2, 0) is 19.1 Å². The van der Waals surface area contributed by atoms with E-state index in [4.69, 9.17) is 9.47 Å². The van der Waals surface area contributed by atoms with Gasteiger partial charge < -0.3 is 19.7 Å². The van der Waals surface area contributed by atoms with E-state index in [1.165, 1.54) is 0 Å². The van der Waals surface area contributed by atoms with Crippen LogP contribution in [0.25, 0.3) is 0 Å². The van der Waals surface area contributed by atoms with E-state index in [-0.39, 0.29) is 35.9 Å². The topological polar surface area (TPSA) is 93.1 Å². The van der Waals surface area contributed by atoms with Gasteiger partial charge in [0.2, 0.25) is 0 Å². The molecule has 0 aromatic rings. The molecule has 2 N–H and O–H groups in total. The summed E-state index contributed by atoms with van der Waals surface area (Å²) in [7, 11) is 0. The number of Topliss-reactive ketones (excluding diaryl/α,β-unsaturated/α-hetero) is 1. The fourth-order valence-corrected chi connectivity index (χ4v) is 5.91. The zero-order chi connectivity index (χ0) is 22.4. The standard InChI is InChI=1S/C24H38O6/c1-7-8-19(27)30-24(6)10-9-18-23(5,28)12-17(26)20-14(4)16(25)11-15(13(2)3)21(20)22(24)29-18/h13,15-16,18,20-22,25,28H,4,7-12H2,1-3,5-6H3. The third-order valence-electron chi connectivity index (χ3n) is 7.60. The van der Waals surface area contributed by atoms with Crippen LogP contribution < -0.4 is 0 Å². The monoisotopic (exact) mass is 422 g/mol. The first-order chi connectivity index (χ1) is 13.9. The van der Waals surface area contributed by atoms with Crippen LogP contribution in [-0.4, -0.2) is 51.5 Å². The van der Waals surface area contributed by atoms with Crippen molar-refractivity contribution < 1.29 is 29.3 Å². The van der Waals surface area contributed by atoms with Crippen LogP contribution in [0.2, 0.25) is 0 Å². The van der Waals surface area contributed by atoms with Gasteiger partial charge in [-0.2, -0.15) is 0 Å². The molecule has 6 heteroatoms. The molecule has 0 spiro atoms. The summed E-state index contributed by atoms with van der Waals surface area (Å²) in [4.78, 5) is 25.9. The van der Waals surface area contributed by atoms with Gasteiger partial charge in [0, 0.05) is 24.7 Å². The molecule has 8 atom stereocenters. The van der Waals surface area contributed by atoms with Gasteiger partial charge in [-0.05, 0) is 56.9 Å². The lowest BCUT2D eigenvalue weighted by Gasteiger charge is -2.56. The Morgan fingerprint density at radius 1 is 1.37 bits per heavy atom. The van der Waals surface area contributed by atoms with Gasteiger partial charge in [0.1, 0.15) is 17.5 Å². The highest BCUT2D eigenvalue weighted by Gasteiger charge is 2.60. The van der Waals surface area contributed by atoms with Gasteiger partial charge in [0.15, 0.2) is 0 Å². The normalized spacial score (nSPS) is 44.3. The third-order valence-corrected chi connectivity index (χ3v) is 7.60. The molecule has 2 saturated heterocycles. The second-order valence-electron chi connectivity index (χ2n) is 10.4. The highest BCUT2D eigenvalue weighted by molar-refractivity contribution is 5.85. The molecular formula is C24H38O6. The van der Waals surface area contributed by atoms with Crippen LogP contribution in [0.15, 0.2) is 12.2 Å². The summed E-state index contributed by atoms with van der Waals surface area (Å²) in [5, 5.41) is 21.7. The van der Waals surface area contributed by atoms with Gasteiger partial charge in [0.05, 0.1) is 17.8 Å². The summed E-state index contributed by atoms with van der Waals surface area (Å²) in [5.41, 5.74) is -1.72. The van der Waals surface area contributed by atoms with Crippen molar-refractivity contribution in [3.05, 3.63) is 12.2 Å². The Morgan fingerprint density at radius 3 is 2.63 bits per heavy atom. The minimum Gasteiger partial charge on any atom is -0.457 e. The average molecular weight is 423 g/mol. The molecular weight excluding hydrogens is 384 g/mol. The van der Waals surface area contributed by atoms with Gasteiger partial charge in [0.25, 0.3) is 0 Å². The molecule has 1 aliphatic carbocycles. The first kappa shape index (κ1) is 23.4. The second kappa shape index (κ2) is 8.36. The number of aliphatic hydroxyl groups is 2. The first-order valence-corrected chi connectivity index (χ1v) is 11.4. The average Bonchev–Trinajstić information content (AvgIpc) is 2.62. The third kappa shape index (κ3) is 4.11. The van der Waals surface area contributed by atoms with Crippen LogP contribution in [0, 0.1) is 23.7 Å². The molecule has 3 rings (SSSR count). The Bertz CT molecular complexity index is 698. The number of rotatable bonds is 4. The maximum atomic E-state index is 13.4. The molecule has 6 nitrogen and oxygen atoms in total. The zero-order valence-corrected chi connectivity index (χ0v) is 19.0. The van der Waals surface area contributed by atoms with Gasteiger partial charge in [-0.1, -0.05) is 27.4 Å². The van der Waals surface area contributed by atoms with Crippen molar-refractivity contribution in [3.8, 4) is 0 Å². The summed E-state index contributed by atoms with van der Waals surface area (Å²) in [6, 6.07) is 0. The molecule has 0 radical (unpaired) electrons. The number of ether oxygens (including phenoxy) is 2. The number of ketones is 1. The maximum absolute atomic E-state index is 13.4. The van der Waals surface area contributed by atoms with E-state index >= 15 is 0 Å². The van der Waals surface area contributed by atoms with Crippen molar-refractivity contribution in [1.29, 1.82) is 0 Å². The summed E-state index contributed by atoms with van der Waals surface area (Å²) >= 11 is 0. The summed E-state index contributed by atoms with van der Waals surface area (Å²) < 4.78 is 12.5. The Morgan fingerprint density at radius 2 is 2.03 bits per heavy atom. The molecule has 3 aliphatic rings. The number of esters is 1. The number of fused-ring (bicyclic) bond motifs is 4. The highest BCUT2D eigenvalue weighted by atomic mass is 16.6. The van der Waals surface area contributed by atoms with Crippen molar-refractivity contribution in [3.63, 3.8) is 0 Å². The van der Waals surface area contributed by atoms with Crippen LogP contribution >= 0.6 is 0 Å². The summed E-state index contributed by atoms with van der Waals surface area (Å²) in [6.45, 7) is 13.7. The molecule has 3 fully saturated rings. The summed E-state index contributed by atoms with van der Waals surface area (Å²) in [5.74, 6) is -1.05. The van der Waals surface area contributed by atoms with E-state index in [1.807, 2.05) is 13.8 Å². The molecule has 2 heterocycles. The van der Waals surface area contributed by atoms with E-state index in [1.54, 1.807) is 6.92 Å². The van der Waals surface area contributed by atoms with Crippen LogP contribution in [0.1, 0.15) is 73.1 Å². The molecule has 2 bridgehead atoms. The lowest BCUT2D eigenvalue weighted by molar-refractivity contribution is -0.257. The first-order valence-electron chi connectivity index (χ1n) is 11.4. The van der Waals surface area contributed by atoms with Gasteiger partial charge >= 0.3 is 5.97 Å². The van der Waals surface area contributed by atoms with Gasteiger partial charge in [-0.15, -0.1) is 0 Å². The second-order valence-corrected chi connectivity index (χ2v) is 10.4. The van der Waals surface area contributed by atoms with Crippen molar-refractivity contribution >= 4 is 11.8 Å². The molecule has 2 aliphatic heterocycles. The molecule has 0 aromatic heterocycles. The van der Waals surface area contributed by atoms with Crippen molar-refractivity contribution in [1.82, 2.24) is 0 Å². The Kier molecular flexibility index (Phi) is 6.53. The molecule has 8 unspecified atom stereocenters. The fraction of sp³-hybridized carbons (Fsp3) is 0.833. The van der Waals surface area contributed by atoms with Crippen molar-refractivity contribution in [2.45, 2.75) is 103 Å². The molecule has 170 valence electrons. The van der Waals surface area contributed by atoms with E-state index in [2.05, 4.69) is 20.4 Å². The van der Waals surface area contributed by atoms with Gasteiger partial charge in [-0.25, -0.2) is 0 Å². The number of hydrogen-bond donors (Lipinski definition) is 2. The minimum atomic E-state index is -1.31. The minimum absolute atomic E-state index is 0.00968. The lowest BCUT2D eigenvalue weighted by atomic mass is 9.57. The molecule has 1 saturated carbocycles. The molecule has 30 heavy (non-hydrogen) atoms. The smallest absolute Gasteiger partial charge is 0.306 e.